The van der Waals surface area contributed by atoms with E-state index in [0.29, 0.717) is 0 Å². The average Bonchev–Trinajstić information content (AvgIpc) is 2.53. The molecule has 0 spiro atoms. The van der Waals surface area contributed by atoms with Crippen LogP contribution in [0.4, 0.5) is 4.79 Å². The Morgan fingerprint density at radius 3 is 2.18 bits per heavy atom. The molecule has 0 bridgehead atoms. The minimum Gasteiger partial charge on any atom is -0.459 e. The summed E-state index contributed by atoms with van der Waals surface area (Å²) in [6.45, 7) is 9.82. The van der Waals surface area contributed by atoms with Gasteiger partial charge in [-0.3, -0.25) is 0 Å². The Hall–Kier alpha value is -2.04. The lowest BCUT2D eigenvalue weighted by Crippen LogP contribution is -2.45. The van der Waals surface area contributed by atoms with E-state index >= 15 is 0 Å². The Kier molecular flexibility index (Phi) is 10.5. The average molecular weight is 309 g/mol. The molecule has 22 heavy (non-hydrogen) atoms. The van der Waals surface area contributed by atoms with Gasteiger partial charge in [-0.2, -0.15) is 0 Å². The van der Waals surface area contributed by atoms with E-state index in [2.05, 4.69) is 5.32 Å². The fourth-order valence-corrected chi connectivity index (χ4v) is 1.62. The Morgan fingerprint density at radius 1 is 1.09 bits per heavy atom. The molecule has 1 N–H and O–H groups in total. The van der Waals surface area contributed by atoms with Crippen molar-refractivity contribution in [1.82, 2.24) is 5.32 Å². The van der Waals surface area contributed by atoms with Crippen LogP contribution in [0.2, 0.25) is 0 Å². The summed E-state index contributed by atoms with van der Waals surface area (Å²) in [7, 11) is 0. The maximum Gasteiger partial charge on any atom is 0.407 e. The summed E-state index contributed by atoms with van der Waals surface area (Å²) in [4.78, 5) is 23.4. The fourth-order valence-electron chi connectivity index (χ4n) is 1.62. The quantitative estimate of drug-likeness (QED) is 0.816. The van der Waals surface area contributed by atoms with Crippen LogP contribution in [0.1, 0.15) is 40.2 Å². The predicted octanol–water partition coefficient (Wildman–Crippen LogP) is 3.53. The third-order valence-corrected chi connectivity index (χ3v) is 2.69. The van der Waals surface area contributed by atoms with E-state index in [-0.39, 0.29) is 19.1 Å². The smallest absolute Gasteiger partial charge is 0.407 e. The van der Waals surface area contributed by atoms with Gasteiger partial charge in [-0.05, 0) is 18.4 Å². The van der Waals surface area contributed by atoms with Gasteiger partial charge in [0.05, 0.1) is 6.61 Å². The van der Waals surface area contributed by atoms with Gasteiger partial charge in [0.2, 0.25) is 0 Å². The highest BCUT2D eigenvalue weighted by Gasteiger charge is 2.26. The minimum atomic E-state index is -0.710. The first kappa shape index (κ1) is 20.0. The number of rotatable bonds is 6. The second kappa shape index (κ2) is 11.6. The molecule has 0 fully saturated rings. The number of carbonyl (C=O) groups excluding carboxylic acids is 2. The first-order chi connectivity index (χ1) is 10.5. The van der Waals surface area contributed by atoms with Crippen molar-refractivity contribution >= 4 is 12.1 Å². The number of ether oxygens (including phenoxy) is 2. The van der Waals surface area contributed by atoms with Crippen LogP contribution in [0.3, 0.4) is 0 Å². The van der Waals surface area contributed by atoms with Gasteiger partial charge in [-0.1, -0.05) is 58.0 Å². The molecular formula is C17H27NO4. The number of esters is 1. The van der Waals surface area contributed by atoms with E-state index in [4.69, 9.17) is 9.47 Å². The van der Waals surface area contributed by atoms with Crippen molar-refractivity contribution in [1.29, 1.82) is 0 Å². The van der Waals surface area contributed by atoms with Crippen molar-refractivity contribution in [3.05, 3.63) is 35.9 Å². The molecular weight excluding hydrogens is 282 g/mol. The van der Waals surface area contributed by atoms with Crippen molar-refractivity contribution in [2.45, 2.75) is 47.3 Å². The fraction of sp³-hybridized carbons (Fsp3) is 0.529. The Morgan fingerprint density at radius 2 is 1.68 bits per heavy atom. The number of alkyl carbamates (subject to hydrolysis) is 1. The van der Waals surface area contributed by atoms with Gasteiger partial charge in [0.25, 0.3) is 0 Å². The summed E-state index contributed by atoms with van der Waals surface area (Å²) in [5.74, 6) is -0.542. The van der Waals surface area contributed by atoms with Gasteiger partial charge in [-0.15, -0.1) is 0 Å². The molecule has 0 aliphatic carbocycles. The SMILES string of the molecule is CC.CCOC(=O)NC(C(=O)OCc1ccccc1)C(C)C. The highest BCUT2D eigenvalue weighted by Crippen LogP contribution is 2.07. The molecule has 0 radical (unpaired) electrons. The van der Waals surface area contributed by atoms with Crippen LogP contribution < -0.4 is 5.32 Å². The second-order valence-electron chi connectivity index (χ2n) is 4.68. The number of hydrogen-bond acceptors (Lipinski definition) is 4. The van der Waals surface area contributed by atoms with E-state index < -0.39 is 18.1 Å². The van der Waals surface area contributed by atoms with Gasteiger partial charge in [0.1, 0.15) is 12.6 Å². The molecule has 1 aromatic carbocycles. The monoisotopic (exact) mass is 309 g/mol. The van der Waals surface area contributed by atoms with Crippen LogP contribution in [0.5, 0.6) is 0 Å². The molecule has 0 aromatic heterocycles. The predicted molar refractivity (Wildman–Crippen MR) is 86.4 cm³/mol. The molecule has 0 aliphatic rings. The molecule has 0 aliphatic heterocycles. The van der Waals surface area contributed by atoms with Crippen molar-refractivity contribution in [2.24, 2.45) is 5.92 Å². The lowest BCUT2D eigenvalue weighted by atomic mass is 10.1. The Balaban J connectivity index is 0.00000211. The zero-order valence-corrected chi connectivity index (χ0v) is 14.1. The van der Waals surface area contributed by atoms with Gasteiger partial charge >= 0.3 is 12.1 Å². The zero-order valence-electron chi connectivity index (χ0n) is 14.1. The molecule has 1 aromatic rings. The molecule has 0 saturated carbocycles. The maximum absolute atomic E-state index is 12.0. The zero-order chi connectivity index (χ0) is 17.0. The van der Waals surface area contributed by atoms with Crippen molar-refractivity contribution < 1.29 is 19.1 Å². The molecule has 1 amide bonds. The summed E-state index contributed by atoms with van der Waals surface area (Å²) in [5, 5.41) is 2.52. The van der Waals surface area contributed by atoms with Crippen molar-refractivity contribution in [3.63, 3.8) is 0 Å². The highest BCUT2D eigenvalue weighted by molar-refractivity contribution is 5.81. The Bertz CT molecular complexity index is 432. The summed E-state index contributed by atoms with van der Waals surface area (Å²) in [6, 6.07) is 8.68. The van der Waals surface area contributed by atoms with Crippen LogP contribution in [0.25, 0.3) is 0 Å². The second-order valence-corrected chi connectivity index (χ2v) is 4.68. The van der Waals surface area contributed by atoms with Crippen molar-refractivity contribution in [2.75, 3.05) is 6.61 Å². The van der Waals surface area contributed by atoms with E-state index in [1.165, 1.54) is 0 Å². The summed E-state index contributed by atoms with van der Waals surface area (Å²) < 4.78 is 10.00. The van der Waals surface area contributed by atoms with Gasteiger partial charge in [0.15, 0.2) is 0 Å². The normalized spacial score (nSPS) is 11.0. The number of amides is 1. The topological polar surface area (TPSA) is 64.6 Å². The van der Waals surface area contributed by atoms with Crippen LogP contribution >= 0.6 is 0 Å². The largest absolute Gasteiger partial charge is 0.459 e. The minimum absolute atomic E-state index is 0.0809. The van der Waals surface area contributed by atoms with Gasteiger partial charge in [0, 0.05) is 0 Å². The lowest BCUT2D eigenvalue weighted by Gasteiger charge is -2.20. The van der Waals surface area contributed by atoms with Gasteiger partial charge in [-0.25, -0.2) is 9.59 Å². The lowest BCUT2D eigenvalue weighted by molar-refractivity contribution is -0.148. The molecule has 0 saturated heterocycles. The third-order valence-electron chi connectivity index (χ3n) is 2.69. The number of benzene rings is 1. The van der Waals surface area contributed by atoms with E-state index in [1.807, 2.05) is 58.0 Å². The van der Waals surface area contributed by atoms with Crippen LogP contribution in [-0.2, 0) is 20.9 Å². The van der Waals surface area contributed by atoms with Gasteiger partial charge < -0.3 is 14.8 Å². The van der Waals surface area contributed by atoms with Crippen LogP contribution in [0.15, 0.2) is 30.3 Å². The molecule has 124 valence electrons. The first-order valence-electron chi connectivity index (χ1n) is 7.68. The standard InChI is InChI=1S/C15H21NO4.C2H6/c1-4-19-15(18)16-13(11(2)3)14(17)20-10-12-8-6-5-7-9-12;1-2/h5-9,11,13H,4,10H2,1-3H3,(H,16,18);1-2H3. The maximum atomic E-state index is 12.0. The molecule has 5 heteroatoms. The number of hydrogen-bond donors (Lipinski definition) is 1. The molecule has 5 nitrogen and oxygen atoms in total. The third kappa shape index (κ3) is 7.67. The van der Waals surface area contributed by atoms with Crippen molar-refractivity contribution in [3.8, 4) is 0 Å². The summed E-state index contributed by atoms with van der Waals surface area (Å²) in [6.07, 6.45) is -0.608. The molecule has 1 unspecified atom stereocenters. The first-order valence-corrected chi connectivity index (χ1v) is 7.68. The summed E-state index contributed by atoms with van der Waals surface area (Å²) in [5.41, 5.74) is 0.902. The summed E-state index contributed by atoms with van der Waals surface area (Å²) >= 11 is 0. The van der Waals surface area contributed by atoms with E-state index in [0.717, 1.165) is 5.56 Å². The molecule has 1 rings (SSSR count). The highest BCUT2D eigenvalue weighted by atomic mass is 16.6. The Labute approximate surface area is 133 Å². The molecule has 0 heterocycles. The van der Waals surface area contributed by atoms with Crippen LogP contribution in [0, 0.1) is 5.92 Å². The number of nitrogens with one attached hydrogen (secondary N) is 1. The van der Waals surface area contributed by atoms with E-state index in [9.17, 15) is 9.59 Å². The van der Waals surface area contributed by atoms with Crippen LogP contribution in [-0.4, -0.2) is 24.7 Å². The molecule has 1 atom stereocenters. The van der Waals surface area contributed by atoms with E-state index in [1.54, 1.807) is 6.92 Å². The number of carbonyl (C=O) groups is 2.